The summed E-state index contributed by atoms with van der Waals surface area (Å²) in [5, 5.41) is 21.4. The number of imidazole rings is 1. The number of ether oxygens (including phenoxy) is 1. The van der Waals surface area contributed by atoms with Crippen LogP contribution < -0.4 is 22.1 Å². The maximum atomic E-state index is 13.7. The van der Waals surface area contributed by atoms with Crippen LogP contribution in [0.2, 0.25) is 0 Å². The van der Waals surface area contributed by atoms with Crippen LogP contribution in [0.1, 0.15) is 87.2 Å². The number of anilines is 2. The lowest BCUT2D eigenvalue weighted by molar-refractivity contribution is -0.131. The fourth-order valence-corrected chi connectivity index (χ4v) is 7.23. The Balaban J connectivity index is 1.32. The molecule has 5 N–H and O–H groups in total. The van der Waals surface area contributed by atoms with Crippen LogP contribution in [0.4, 0.5) is 16.4 Å². The number of carbonyl (C=O) groups is 2. The monoisotopic (exact) mass is 621 g/mol. The number of aromatic nitrogens is 6. The number of aliphatic hydroxyl groups excluding tert-OH is 1. The molecule has 14 nitrogen and oxygen atoms in total. The summed E-state index contributed by atoms with van der Waals surface area (Å²) in [5.41, 5.74) is 5.99. The predicted molar refractivity (Wildman–Crippen MR) is 166 cm³/mol. The van der Waals surface area contributed by atoms with Crippen LogP contribution in [0.25, 0.3) is 22.1 Å². The van der Waals surface area contributed by atoms with Crippen LogP contribution in [0.5, 0.6) is 0 Å². The fraction of sp³-hybridized carbons (Fsp3) is 0.548. The molecule has 0 aliphatic heterocycles. The Bertz CT molecular complexity index is 2010. The molecule has 4 aromatic heterocycles. The first-order valence-electron chi connectivity index (χ1n) is 17.4. The van der Waals surface area contributed by atoms with Gasteiger partial charge in [-0.05, 0) is 81.8 Å². The van der Waals surface area contributed by atoms with Crippen molar-refractivity contribution in [3.63, 3.8) is 0 Å². The first-order chi connectivity index (χ1) is 23.2. The minimum atomic E-state index is -2.80. The summed E-state index contributed by atoms with van der Waals surface area (Å²) in [5.74, 6) is 0.320. The Morgan fingerprint density at radius 3 is 2.62 bits per heavy atom. The van der Waals surface area contributed by atoms with Crippen LogP contribution in [-0.4, -0.2) is 65.2 Å². The Morgan fingerprint density at radius 1 is 1.13 bits per heavy atom. The third-order valence-corrected chi connectivity index (χ3v) is 9.86. The topological polar surface area (TPSA) is 184 Å². The molecule has 0 bridgehead atoms. The summed E-state index contributed by atoms with van der Waals surface area (Å²) in [7, 11) is 1.20. The first kappa shape index (κ1) is 24.8. The summed E-state index contributed by atoms with van der Waals surface area (Å²) in [6.07, 6.45) is 7.29. The van der Waals surface area contributed by atoms with E-state index < -0.39 is 42.3 Å². The van der Waals surface area contributed by atoms with E-state index in [9.17, 15) is 19.5 Å². The Hall–Kier alpha value is -4.46. The van der Waals surface area contributed by atoms with Crippen molar-refractivity contribution in [2.75, 3.05) is 12.4 Å². The lowest BCUT2D eigenvalue weighted by Crippen LogP contribution is -2.52. The molecular weight excluding hydrogens is 578 g/mol. The predicted octanol–water partition coefficient (Wildman–Crippen LogP) is 3.06. The Morgan fingerprint density at radius 2 is 1.93 bits per heavy atom. The molecule has 7 rings (SSSR count). The zero-order valence-electron chi connectivity index (χ0n) is 29.0. The summed E-state index contributed by atoms with van der Waals surface area (Å²) in [6, 6.07) is 1.49. The molecule has 3 aliphatic carbocycles. The van der Waals surface area contributed by atoms with Gasteiger partial charge in [-0.25, -0.2) is 24.2 Å². The van der Waals surface area contributed by atoms with E-state index in [-0.39, 0.29) is 36.2 Å². The van der Waals surface area contributed by atoms with Crippen LogP contribution >= 0.6 is 0 Å². The number of pyridine rings is 2. The molecular formula is C31H39N9O5. The number of nitrogens with one attached hydrogen (secondary N) is 2. The third kappa shape index (κ3) is 4.91. The van der Waals surface area contributed by atoms with Crippen molar-refractivity contribution < 1.29 is 24.9 Å². The number of hydrogen-bond donors (Lipinski definition) is 4. The highest BCUT2D eigenvalue weighted by molar-refractivity contribution is 5.88. The molecule has 0 radical (unpaired) electrons. The second-order valence-electron chi connectivity index (χ2n) is 12.4. The normalized spacial score (nSPS) is 27.6. The minimum Gasteiger partial charge on any atom is -0.453 e. The minimum absolute atomic E-state index is 0.0521. The summed E-state index contributed by atoms with van der Waals surface area (Å²) >= 11 is 0. The van der Waals surface area contributed by atoms with Gasteiger partial charge in [0.1, 0.15) is 17.2 Å². The second kappa shape index (κ2) is 11.2. The molecule has 3 fully saturated rings. The van der Waals surface area contributed by atoms with Crippen molar-refractivity contribution in [1.82, 2.24) is 34.2 Å². The van der Waals surface area contributed by atoms with Crippen molar-refractivity contribution >= 4 is 45.7 Å². The van der Waals surface area contributed by atoms with Crippen molar-refractivity contribution in [2.45, 2.75) is 93.8 Å². The van der Waals surface area contributed by atoms with Gasteiger partial charge in [-0.3, -0.25) is 13.9 Å². The van der Waals surface area contributed by atoms with E-state index in [1.807, 2.05) is 6.07 Å². The second-order valence-corrected chi connectivity index (χ2v) is 12.4. The van der Waals surface area contributed by atoms with Crippen molar-refractivity contribution in [2.24, 2.45) is 12.7 Å². The lowest BCUT2D eigenvalue weighted by Gasteiger charge is -2.39. The highest BCUT2D eigenvalue weighted by atomic mass is 16.5. The van der Waals surface area contributed by atoms with Gasteiger partial charge in [-0.15, -0.1) is 0 Å². The lowest BCUT2D eigenvalue weighted by atomic mass is 9.76. The van der Waals surface area contributed by atoms with Gasteiger partial charge in [-0.2, -0.15) is 5.10 Å². The van der Waals surface area contributed by atoms with Crippen LogP contribution in [0, 0.1) is 0 Å². The summed E-state index contributed by atoms with van der Waals surface area (Å²) < 4.78 is 41.4. The molecule has 2 amide bonds. The zero-order valence-corrected chi connectivity index (χ0v) is 25.0. The number of nitrogens with zero attached hydrogens (tertiary/aromatic N) is 6. The highest BCUT2D eigenvalue weighted by Gasteiger charge is 2.47. The van der Waals surface area contributed by atoms with E-state index in [1.165, 1.54) is 17.9 Å². The third-order valence-electron chi connectivity index (χ3n) is 9.86. The average Bonchev–Trinajstić information content (AvgIpc) is 3.69. The number of carbonyl (C=O) groups excluding carboxylic acids is 2. The number of alkyl carbamates (subject to hydrolysis) is 1. The fourth-order valence-electron chi connectivity index (χ4n) is 7.23. The molecule has 0 saturated heterocycles. The van der Waals surface area contributed by atoms with E-state index >= 15 is 0 Å². The number of nitrogens with two attached hydrogens (primary N) is 1. The summed E-state index contributed by atoms with van der Waals surface area (Å²) in [6.45, 7) is -2.80. The number of hydrogen-bond acceptors (Lipinski definition) is 9. The standard InChI is InChI=1S/C31H39N9O5/c1-38-24-16-33-25(14-23(24)39(30(38)44)19-7-6-18(12-19)35-29(43)45-2)36-26-13-21(17-4-8-20(41)9-5-17)22-15-34-40(27(22)37-26)31(28(32)42)10-3-11-31/h13-20,41H,3-12H2,1-2H3,(H2,32,42)(H,35,43)(H,33,36,37)/i1D3,18D. The van der Waals surface area contributed by atoms with Crippen molar-refractivity contribution in [3.05, 3.63) is 40.6 Å². The zero-order chi connectivity index (χ0) is 34.9. The van der Waals surface area contributed by atoms with Crippen molar-refractivity contribution in [1.29, 1.82) is 0 Å². The Labute approximate surface area is 264 Å². The van der Waals surface area contributed by atoms with Crippen molar-refractivity contribution in [3.8, 4) is 0 Å². The van der Waals surface area contributed by atoms with Gasteiger partial charge in [0.15, 0.2) is 5.65 Å². The Kier molecular flexibility index (Phi) is 6.15. The summed E-state index contributed by atoms with van der Waals surface area (Å²) in [4.78, 5) is 47.7. The molecule has 3 aliphatic rings. The van der Waals surface area contributed by atoms with Gasteiger partial charge >= 0.3 is 11.8 Å². The highest BCUT2D eigenvalue weighted by Crippen LogP contribution is 2.43. The average molecular weight is 622 g/mol. The maximum Gasteiger partial charge on any atom is 0.407 e. The molecule has 4 heterocycles. The molecule has 4 aromatic rings. The van der Waals surface area contributed by atoms with E-state index in [0.29, 0.717) is 49.1 Å². The smallest absolute Gasteiger partial charge is 0.407 e. The molecule has 3 saturated carbocycles. The van der Waals surface area contributed by atoms with Crippen LogP contribution in [0.3, 0.4) is 0 Å². The molecule has 0 aromatic carbocycles. The molecule has 238 valence electrons. The van der Waals surface area contributed by atoms with E-state index in [1.54, 1.807) is 16.9 Å². The molecule has 2 unspecified atom stereocenters. The molecule has 0 spiro atoms. The maximum absolute atomic E-state index is 13.7. The quantitative estimate of drug-likeness (QED) is 0.241. The largest absolute Gasteiger partial charge is 0.453 e. The number of aliphatic hydroxyl groups is 1. The van der Waals surface area contributed by atoms with Gasteiger partial charge in [0.05, 0.1) is 38.0 Å². The van der Waals surface area contributed by atoms with Crippen LogP contribution in [0.15, 0.2) is 29.3 Å². The van der Waals surface area contributed by atoms with E-state index in [2.05, 4.69) is 25.5 Å². The number of amides is 2. The number of aryl methyl sites for hydroxylation is 1. The molecule has 14 heteroatoms. The molecule has 2 atom stereocenters. The van der Waals surface area contributed by atoms with Gasteiger partial charge < -0.3 is 26.2 Å². The molecule has 45 heavy (non-hydrogen) atoms. The van der Waals surface area contributed by atoms with Crippen LogP contribution in [-0.2, 0) is 22.0 Å². The van der Waals surface area contributed by atoms with Gasteiger partial charge in [0.2, 0.25) is 5.91 Å². The van der Waals surface area contributed by atoms with Gasteiger partial charge in [0.25, 0.3) is 0 Å². The number of rotatable bonds is 7. The number of primary amides is 1. The van der Waals surface area contributed by atoms with Gasteiger partial charge in [-0.1, -0.05) is 0 Å². The van der Waals surface area contributed by atoms with Gasteiger partial charge in [0, 0.05) is 34.6 Å². The van der Waals surface area contributed by atoms with E-state index in [0.717, 1.165) is 34.8 Å². The first-order valence-corrected chi connectivity index (χ1v) is 15.4. The SMILES string of the molecule is [2H]C1(NC(=O)OC)CCC(n2c(=O)n(C([2H])([2H])[2H])c3cnc(Nc4cc(C5CCC(O)CC5)c5cnn(C6(C(N)=O)CCC6)c5n4)cc32)C1. The number of fused-ring (bicyclic) bond motifs is 2. The van der Waals surface area contributed by atoms with E-state index in [4.69, 9.17) is 16.2 Å². The number of methoxy groups -OCH3 is 1.